The largest absolute Gasteiger partial charge is 0.461 e. The van der Waals surface area contributed by atoms with Crippen molar-refractivity contribution in [2.75, 3.05) is 37.7 Å². The molecule has 0 radical (unpaired) electrons. The molecule has 4 aliphatic heterocycles. The highest BCUT2D eigenvalue weighted by atomic mass is 19.1. The molecule has 9 nitrogen and oxygen atoms in total. The Morgan fingerprint density at radius 1 is 1.00 bits per heavy atom. The second kappa shape index (κ2) is 8.57. The van der Waals surface area contributed by atoms with Gasteiger partial charge in [-0.15, -0.1) is 0 Å². The van der Waals surface area contributed by atoms with Crippen LogP contribution in [0.15, 0.2) is 30.5 Å². The monoisotopic (exact) mass is 514 g/mol. The number of para-hydroxylation sites is 1. The molecule has 4 saturated heterocycles. The molecule has 0 saturated carbocycles. The van der Waals surface area contributed by atoms with Crippen LogP contribution in [0.1, 0.15) is 38.5 Å². The van der Waals surface area contributed by atoms with E-state index in [0.717, 1.165) is 62.8 Å². The van der Waals surface area contributed by atoms with E-state index in [-0.39, 0.29) is 22.8 Å². The normalized spacial score (nSPS) is 24.5. The number of aromatic nitrogens is 5. The number of ether oxygens (including phenoxy) is 1. The third-order valence-corrected chi connectivity index (χ3v) is 9.14. The molecule has 1 aromatic carbocycles. The number of nitrogens with zero attached hydrogens (tertiary/aromatic N) is 6. The fourth-order valence-electron chi connectivity index (χ4n) is 7.27. The molecule has 2 bridgehead atoms. The highest BCUT2D eigenvalue weighted by Gasteiger charge is 2.45. The predicted molar refractivity (Wildman–Crippen MR) is 143 cm³/mol. The minimum Gasteiger partial charge on any atom is -0.461 e. The zero-order valence-electron chi connectivity index (χ0n) is 21.3. The number of aromatic amines is 1. The van der Waals surface area contributed by atoms with E-state index >= 15 is 4.39 Å². The Labute approximate surface area is 219 Å². The molecule has 4 aromatic rings. The number of hydrogen-bond donors (Lipinski definition) is 2. The molecule has 3 aromatic heterocycles. The molecular weight excluding hydrogens is 483 g/mol. The predicted octanol–water partition coefficient (Wildman–Crippen LogP) is 3.66. The van der Waals surface area contributed by atoms with Gasteiger partial charge in [-0.25, -0.2) is 4.39 Å². The van der Waals surface area contributed by atoms with E-state index < -0.39 is 5.82 Å². The van der Waals surface area contributed by atoms with Gasteiger partial charge in [-0.3, -0.25) is 15.0 Å². The Kier molecular flexibility index (Phi) is 5.10. The average Bonchev–Trinajstić information content (AvgIpc) is 3.71. The summed E-state index contributed by atoms with van der Waals surface area (Å²) in [6.45, 7) is 4.44. The topological polar surface area (TPSA) is 95.1 Å². The van der Waals surface area contributed by atoms with Gasteiger partial charge in [-0.1, -0.05) is 18.2 Å². The molecule has 196 valence electrons. The summed E-state index contributed by atoms with van der Waals surface area (Å²) in [6.07, 6.45) is 8.64. The first-order valence-electron chi connectivity index (χ1n) is 13.9. The van der Waals surface area contributed by atoms with Gasteiger partial charge in [0.2, 0.25) is 0 Å². The van der Waals surface area contributed by atoms with E-state index in [1.807, 2.05) is 24.3 Å². The number of halogens is 1. The van der Waals surface area contributed by atoms with Crippen LogP contribution in [0, 0.1) is 5.82 Å². The van der Waals surface area contributed by atoms with Crippen molar-refractivity contribution < 1.29 is 9.13 Å². The van der Waals surface area contributed by atoms with Gasteiger partial charge in [0.25, 0.3) is 0 Å². The van der Waals surface area contributed by atoms with E-state index in [4.69, 9.17) is 9.72 Å². The van der Waals surface area contributed by atoms with Gasteiger partial charge in [-0.05, 0) is 57.7 Å². The number of anilines is 1. The molecule has 2 atom stereocenters. The van der Waals surface area contributed by atoms with Gasteiger partial charge < -0.3 is 15.0 Å². The Bertz CT molecular complexity index is 1520. The number of fused-ring (bicyclic) bond motifs is 5. The van der Waals surface area contributed by atoms with Crippen LogP contribution < -0.4 is 15.0 Å². The fraction of sp³-hybridized carbons (Fsp3) is 0.500. The number of H-pyrrole nitrogens is 1. The SMILES string of the molecule is Fc1c(-c2n[nH]c3ccccc23)ncc2c(N3CC4CCC(C3)N4)nc(OCC34CCCN3CCC4)nc12. The summed E-state index contributed by atoms with van der Waals surface area (Å²) >= 11 is 0. The van der Waals surface area contributed by atoms with Crippen molar-refractivity contribution in [3.8, 4) is 17.4 Å². The number of benzene rings is 1. The Morgan fingerprint density at radius 2 is 1.79 bits per heavy atom. The third kappa shape index (κ3) is 3.50. The van der Waals surface area contributed by atoms with E-state index in [1.165, 1.54) is 12.8 Å². The van der Waals surface area contributed by atoms with Gasteiger partial charge in [0.15, 0.2) is 5.82 Å². The standard InChI is InChI=1S/C28H31FN8O/c29-22-23-20(13-30-25(22)24-19-5-1-2-6-21(19)34-35-24)26(36-14-17-7-8-18(15-36)31-17)33-27(32-23)38-16-28-9-3-11-37(28)12-4-10-28/h1-2,5-6,13,17-18,31H,3-4,7-12,14-16H2,(H,34,35). The zero-order chi connectivity index (χ0) is 25.3. The summed E-state index contributed by atoms with van der Waals surface area (Å²) in [5, 5.41) is 12.5. The smallest absolute Gasteiger partial charge is 0.319 e. The van der Waals surface area contributed by atoms with Crippen LogP contribution in [0.4, 0.5) is 10.2 Å². The first-order valence-corrected chi connectivity index (χ1v) is 13.9. The Balaban J connectivity index is 1.23. The average molecular weight is 515 g/mol. The van der Waals surface area contributed by atoms with Crippen LogP contribution in [0.5, 0.6) is 6.01 Å². The van der Waals surface area contributed by atoms with E-state index in [2.05, 4.69) is 35.3 Å². The van der Waals surface area contributed by atoms with Gasteiger partial charge in [0.05, 0.1) is 16.4 Å². The molecule has 0 spiro atoms. The lowest BCUT2D eigenvalue weighted by molar-refractivity contribution is 0.108. The summed E-state index contributed by atoms with van der Waals surface area (Å²) in [5.41, 5.74) is 1.80. The molecule has 38 heavy (non-hydrogen) atoms. The second-order valence-electron chi connectivity index (χ2n) is 11.4. The van der Waals surface area contributed by atoms with Crippen LogP contribution in [-0.4, -0.2) is 80.5 Å². The summed E-state index contributed by atoms with van der Waals surface area (Å²) in [7, 11) is 0. The molecule has 7 heterocycles. The molecule has 0 aliphatic carbocycles. The third-order valence-electron chi connectivity index (χ3n) is 9.14. The Morgan fingerprint density at radius 3 is 2.61 bits per heavy atom. The summed E-state index contributed by atoms with van der Waals surface area (Å²) in [4.78, 5) is 18.9. The van der Waals surface area contributed by atoms with Crippen molar-refractivity contribution in [3.63, 3.8) is 0 Å². The van der Waals surface area contributed by atoms with Crippen LogP contribution in [0.2, 0.25) is 0 Å². The molecule has 4 aliphatic rings. The van der Waals surface area contributed by atoms with Crippen molar-refractivity contribution in [2.45, 2.75) is 56.1 Å². The fourth-order valence-corrected chi connectivity index (χ4v) is 7.27. The minimum atomic E-state index is -0.493. The summed E-state index contributed by atoms with van der Waals surface area (Å²) < 4.78 is 22.7. The molecule has 4 fully saturated rings. The molecule has 10 heteroatoms. The van der Waals surface area contributed by atoms with Gasteiger partial charge >= 0.3 is 6.01 Å². The van der Waals surface area contributed by atoms with Gasteiger partial charge in [0, 0.05) is 36.8 Å². The highest BCUT2D eigenvalue weighted by Crippen LogP contribution is 2.40. The quantitative estimate of drug-likeness (QED) is 0.417. The lowest BCUT2D eigenvalue weighted by Crippen LogP contribution is -2.51. The molecule has 8 rings (SSSR count). The lowest BCUT2D eigenvalue weighted by Gasteiger charge is -2.34. The Hall–Kier alpha value is -3.37. The second-order valence-corrected chi connectivity index (χ2v) is 11.4. The van der Waals surface area contributed by atoms with Crippen molar-refractivity contribution in [2.24, 2.45) is 0 Å². The zero-order valence-corrected chi connectivity index (χ0v) is 21.3. The maximum Gasteiger partial charge on any atom is 0.319 e. The summed E-state index contributed by atoms with van der Waals surface area (Å²) in [6, 6.07) is 8.76. The number of hydrogen-bond acceptors (Lipinski definition) is 8. The van der Waals surface area contributed by atoms with Crippen molar-refractivity contribution >= 4 is 27.6 Å². The number of nitrogens with one attached hydrogen (secondary N) is 2. The van der Waals surface area contributed by atoms with Crippen molar-refractivity contribution in [3.05, 3.63) is 36.3 Å². The molecule has 0 amide bonds. The first kappa shape index (κ1) is 22.6. The maximum atomic E-state index is 16.3. The van der Waals surface area contributed by atoms with E-state index in [0.29, 0.717) is 35.6 Å². The van der Waals surface area contributed by atoms with E-state index in [9.17, 15) is 0 Å². The van der Waals surface area contributed by atoms with Crippen molar-refractivity contribution in [1.82, 2.24) is 35.4 Å². The molecule has 2 N–H and O–H groups in total. The van der Waals surface area contributed by atoms with Gasteiger partial charge in [-0.2, -0.15) is 15.1 Å². The first-order chi connectivity index (χ1) is 18.7. The number of pyridine rings is 1. The minimum absolute atomic E-state index is 0.0581. The van der Waals surface area contributed by atoms with Crippen molar-refractivity contribution in [1.29, 1.82) is 0 Å². The number of piperazine rings is 1. The van der Waals surface area contributed by atoms with Crippen LogP contribution in [0.3, 0.4) is 0 Å². The molecule has 2 unspecified atom stereocenters. The summed E-state index contributed by atoms with van der Waals surface area (Å²) in [5.74, 6) is 0.216. The van der Waals surface area contributed by atoms with Crippen LogP contribution in [0.25, 0.3) is 33.2 Å². The van der Waals surface area contributed by atoms with Crippen LogP contribution >= 0.6 is 0 Å². The number of rotatable bonds is 5. The lowest BCUT2D eigenvalue weighted by atomic mass is 9.95. The van der Waals surface area contributed by atoms with Crippen LogP contribution in [-0.2, 0) is 0 Å². The van der Waals surface area contributed by atoms with Gasteiger partial charge in [0.1, 0.15) is 29.3 Å². The maximum absolute atomic E-state index is 16.3. The van der Waals surface area contributed by atoms with E-state index in [1.54, 1.807) is 6.20 Å². The highest BCUT2D eigenvalue weighted by molar-refractivity contribution is 5.96. The molecular formula is C28H31FN8O.